The summed E-state index contributed by atoms with van der Waals surface area (Å²) in [7, 11) is 2.02. The third-order valence-corrected chi connectivity index (χ3v) is 1.93. The number of nitrogens with zero attached hydrogens (tertiary/aromatic N) is 2. The van der Waals surface area contributed by atoms with Gasteiger partial charge in [0.25, 0.3) is 5.82 Å². The van der Waals surface area contributed by atoms with Gasteiger partial charge in [0.2, 0.25) is 0 Å². The van der Waals surface area contributed by atoms with E-state index in [9.17, 15) is 0 Å². The molecule has 1 rings (SSSR count). The summed E-state index contributed by atoms with van der Waals surface area (Å²) in [5.41, 5.74) is 0. The number of hydrogen-bond donors (Lipinski definition) is 1. The van der Waals surface area contributed by atoms with Gasteiger partial charge in [0.05, 0.1) is 13.1 Å². The fourth-order valence-electron chi connectivity index (χ4n) is 1.18. The molecule has 64 valence electrons. The number of aromatic nitrogens is 2. The second-order valence-corrected chi connectivity index (χ2v) is 2.88. The average Bonchev–Trinajstić information content (AvgIpc) is 2.46. The van der Waals surface area contributed by atoms with Gasteiger partial charge in [0.15, 0.2) is 0 Å². The molecule has 0 fully saturated rings. The average molecular weight is 164 g/mol. The Morgan fingerprint density at radius 1 is 1.58 bits per heavy atom. The maximum atomic E-state index is 8.32. The van der Waals surface area contributed by atoms with Crippen LogP contribution in [0.2, 0.25) is 0 Å². The van der Waals surface area contributed by atoms with Gasteiger partial charge in [-0.3, -0.25) is 0 Å². The molecule has 0 aliphatic heterocycles. The van der Waals surface area contributed by atoms with E-state index in [1.807, 2.05) is 19.4 Å². The zero-order valence-corrected chi connectivity index (χ0v) is 7.38. The number of imidazole rings is 1. The first-order valence-electron chi connectivity index (χ1n) is 4.23. The highest BCUT2D eigenvalue weighted by molar-refractivity contribution is 4.78. The van der Waals surface area contributed by atoms with Crippen molar-refractivity contribution in [3.8, 4) is 6.07 Å². The number of H-pyrrole nitrogens is 1. The van der Waals surface area contributed by atoms with E-state index in [2.05, 4.69) is 15.6 Å². The van der Waals surface area contributed by atoms with Gasteiger partial charge in [0.1, 0.15) is 12.4 Å². The predicted molar refractivity (Wildman–Crippen MR) is 45.1 cm³/mol. The Hall–Kier alpha value is -1.30. The highest BCUT2D eigenvalue weighted by Crippen LogP contribution is 1.99. The van der Waals surface area contributed by atoms with Crippen LogP contribution in [0.4, 0.5) is 0 Å². The van der Waals surface area contributed by atoms with Crippen LogP contribution < -0.4 is 4.57 Å². The van der Waals surface area contributed by atoms with Gasteiger partial charge >= 0.3 is 0 Å². The SMILES string of the molecule is C[n+]1cc[nH]c1CCCCC#N. The van der Waals surface area contributed by atoms with Crippen LogP contribution in [0.3, 0.4) is 0 Å². The molecule has 0 spiro atoms. The van der Waals surface area contributed by atoms with E-state index < -0.39 is 0 Å². The molecular formula is C9H14N3+. The number of aromatic amines is 1. The molecule has 0 bridgehead atoms. The number of nitriles is 1. The van der Waals surface area contributed by atoms with E-state index in [0.29, 0.717) is 6.42 Å². The summed E-state index contributed by atoms with van der Waals surface area (Å²) in [6.45, 7) is 0. The van der Waals surface area contributed by atoms with Crippen LogP contribution in [-0.2, 0) is 13.5 Å². The molecule has 0 radical (unpaired) electrons. The van der Waals surface area contributed by atoms with Crippen LogP contribution in [0.5, 0.6) is 0 Å². The van der Waals surface area contributed by atoms with E-state index in [1.54, 1.807) is 0 Å². The quantitative estimate of drug-likeness (QED) is 0.525. The summed E-state index contributed by atoms with van der Waals surface area (Å²) >= 11 is 0. The molecule has 3 heteroatoms. The van der Waals surface area contributed by atoms with Crippen LogP contribution >= 0.6 is 0 Å². The Balaban J connectivity index is 2.25. The third kappa shape index (κ3) is 2.39. The summed E-state index contributed by atoms with van der Waals surface area (Å²) in [6, 6.07) is 2.15. The topological polar surface area (TPSA) is 43.5 Å². The molecule has 0 aromatic carbocycles. The van der Waals surface area contributed by atoms with E-state index in [1.165, 1.54) is 5.82 Å². The smallest absolute Gasteiger partial charge is 0.248 e. The summed E-state index contributed by atoms with van der Waals surface area (Å²) in [6.07, 6.45) is 7.71. The van der Waals surface area contributed by atoms with Crippen molar-refractivity contribution in [1.82, 2.24) is 4.98 Å². The number of rotatable bonds is 4. The van der Waals surface area contributed by atoms with Crippen molar-refractivity contribution >= 4 is 0 Å². The lowest BCUT2D eigenvalue weighted by Gasteiger charge is -1.92. The first kappa shape index (κ1) is 8.79. The number of hydrogen-bond acceptors (Lipinski definition) is 1. The number of unbranched alkanes of at least 4 members (excludes halogenated alkanes) is 2. The zero-order valence-electron chi connectivity index (χ0n) is 7.38. The second-order valence-electron chi connectivity index (χ2n) is 2.88. The molecule has 1 heterocycles. The monoisotopic (exact) mass is 164 g/mol. The highest BCUT2D eigenvalue weighted by atomic mass is 15.0. The summed E-state index contributed by atoms with van der Waals surface area (Å²) < 4.78 is 2.08. The molecule has 1 aromatic rings. The predicted octanol–water partition coefficient (Wildman–Crippen LogP) is 1.08. The maximum Gasteiger partial charge on any atom is 0.253 e. The van der Waals surface area contributed by atoms with Crippen molar-refractivity contribution in [3.05, 3.63) is 18.2 Å². The van der Waals surface area contributed by atoms with Gasteiger partial charge in [0, 0.05) is 12.8 Å². The van der Waals surface area contributed by atoms with E-state index in [4.69, 9.17) is 5.26 Å². The molecule has 1 N–H and O–H groups in total. The Morgan fingerprint density at radius 3 is 3.00 bits per heavy atom. The van der Waals surface area contributed by atoms with Crippen LogP contribution in [0, 0.1) is 11.3 Å². The third-order valence-electron chi connectivity index (χ3n) is 1.93. The first-order valence-corrected chi connectivity index (χ1v) is 4.23. The lowest BCUT2D eigenvalue weighted by molar-refractivity contribution is -0.677. The zero-order chi connectivity index (χ0) is 8.81. The van der Waals surface area contributed by atoms with Gasteiger partial charge < -0.3 is 0 Å². The fourth-order valence-corrected chi connectivity index (χ4v) is 1.18. The standard InChI is InChI=1S/C9H13N3/c1-12-8-7-11-9(12)5-3-2-4-6-10/h7-8H,2-5H2,1H3/p+1. The van der Waals surface area contributed by atoms with Gasteiger partial charge in [-0.15, -0.1) is 0 Å². The first-order chi connectivity index (χ1) is 5.84. The van der Waals surface area contributed by atoms with Crippen molar-refractivity contribution in [2.24, 2.45) is 7.05 Å². The number of nitrogens with one attached hydrogen (secondary N) is 1. The molecular weight excluding hydrogens is 150 g/mol. The Bertz CT molecular complexity index is 270. The van der Waals surface area contributed by atoms with Gasteiger partial charge in [-0.05, 0) is 12.8 Å². The van der Waals surface area contributed by atoms with Gasteiger partial charge in [-0.25, -0.2) is 9.55 Å². The van der Waals surface area contributed by atoms with Crippen molar-refractivity contribution in [2.45, 2.75) is 25.7 Å². The molecule has 0 unspecified atom stereocenters. The van der Waals surface area contributed by atoms with Gasteiger partial charge in [-0.2, -0.15) is 5.26 Å². The molecule has 0 saturated carbocycles. The summed E-state index contributed by atoms with van der Waals surface area (Å²) in [5.74, 6) is 1.23. The molecule has 12 heavy (non-hydrogen) atoms. The number of aryl methyl sites for hydroxylation is 2. The minimum absolute atomic E-state index is 0.671. The molecule has 0 aliphatic carbocycles. The fraction of sp³-hybridized carbons (Fsp3) is 0.556. The van der Waals surface area contributed by atoms with Crippen LogP contribution in [0.15, 0.2) is 12.4 Å². The molecule has 0 atom stereocenters. The minimum Gasteiger partial charge on any atom is -0.248 e. The Labute approximate surface area is 72.7 Å². The minimum atomic E-state index is 0.671. The molecule has 0 aliphatic rings. The molecule has 0 saturated heterocycles. The van der Waals surface area contributed by atoms with E-state index in [-0.39, 0.29) is 0 Å². The Kier molecular flexibility index (Phi) is 3.34. The normalized spacial score (nSPS) is 9.67. The van der Waals surface area contributed by atoms with Crippen molar-refractivity contribution in [2.75, 3.05) is 0 Å². The van der Waals surface area contributed by atoms with Crippen molar-refractivity contribution in [3.63, 3.8) is 0 Å². The van der Waals surface area contributed by atoms with E-state index >= 15 is 0 Å². The van der Waals surface area contributed by atoms with Gasteiger partial charge in [-0.1, -0.05) is 0 Å². The van der Waals surface area contributed by atoms with Crippen LogP contribution in [0.1, 0.15) is 25.1 Å². The lowest BCUT2D eigenvalue weighted by Crippen LogP contribution is -2.30. The van der Waals surface area contributed by atoms with Crippen molar-refractivity contribution in [1.29, 1.82) is 5.26 Å². The molecule has 3 nitrogen and oxygen atoms in total. The van der Waals surface area contributed by atoms with E-state index in [0.717, 1.165) is 19.3 Å². The summed E-state index contributed by atoms with van der Waals surface area (Å²) in [4.78, 5) is 3.16. The maximum absolute atomic E-state index is 8.32. The largest absolute Gasteiger partial charge is 0.253 e. The Morgan fingerprint density at radius 2 is 2.42 bits per heavy atom. The van der Waals surface area contributed by atoms with Crippen LogP contribution in [0.25, 0.3) is 0 Å². The summed E-state index contributed by atoms with van der Waals surface area (Å²) in [5, 5.41) is 8.32. The highest BCUT2D eigenvalue weighted by Gasteiger charge is 2.04. The lowest BCUT2D eigenvalue weighted by atomic mass is 10.2. The van der Waals surface area contributed by atoms with Crippen LogP contribution in [-0.4, -0.2) is 4.98 Å². The second kappa shape index (κ2) is 4.55. The molecule has 1 aromatic heterocycles. The van der Waals surface area contributed by atoms with Crippen molar-refractivity contribution < 1.29 is 4.57 Å². The molecule has 0 amide bonds.